The average Bonchev–Trinajstić information content (AvgIpc) is 2.47. The Bertz CT molecular complexity index is 651. The number of nitrogens with two attached hydrogens (primary N) is 1. The molecule has 1 aromatic carbocycles. The molecular formula is C17H25N5. The van der Waals surface area contributed by atoms with E-state index in [1.165, 1.54) is 37.7 Å². The quantitative estimate of drug-likeness (QED) is 0.412. The number of aryl methyl sites for hydroxylation is 2. The molecule has 2 rings (SSSR count). The monoisotopic (exact) mass is 299 g/mol. The first kappa shape index (κ1) is 16.2. The van der Waals surface area contributed by atoms with E-state index in [1.54, 1.807) is 0 Å². The van der Waals surface area contributed by atoms with Crippen LogP contribution in [0.25, 0.3) is 10.9 Å². The number of guanidine groups is 1. The zero-order valence-corrected chi connectivity index (χ0v) is 13.4. The number of nitrogens with zero attached hydrogens (tertiary/aromatic N) is 2. The number of rotatable bonds is 7. The molecule has 0 saturated carbocycles. The van der Waals surface area contributed by atoms with Crippen LogP contribution in [0.4, 0.5) is 5.95 Å². The first-order valence-corrected chi connectivity index (χ1v) is 7.98. The van der Waals surface area contributed by atoms with Crippen molar-refractivity contribution in [2.24, 2.45) is 5.73 Å². The van der Waals surface area contributed by atoms with Crippen molar-refractivity contribution in [1.82, 2.24) is 9.97 Å². The lowest BCUT2D eigenvalue weighted by Gasteiger charge is -2.08. The third kappa shape index (κ3) is 4.41. The van der Waals surface area contributed by atoms with Crippen molar-refractivity contribution in [2.75, 3.05) is 5.32 Å². The summed E-state index contributed by atoms with van der Waals surface area (Å²) in [6.45, 7) is 4.20. The predicted octanol–water partition coefficient (Wildman–Crippen LogP) is 3.76. The maximum absolute atomic E-state index is 7.26. The van der Waals surface area contributed by atoms with E-state index in [1.807, 2.05) is 13.0 Å². The van der Waals surface area contributed by atoms with Gasteiger partial charge in [0, 0.05) is 5.39 Å². The van der Waals surface area contributed by atoms with Crippen molar-refractivity contribution in [3.8, 4) is 0 Å². The molecule has 4 N–H and O–H groups in total. The van der Waals surface area contributed by atoms with E-state index in [0.717, 1.165) is 23.0 Å². The minimum absolute atomic E-state index is 0.151. The molecule has 5 nitrogen and oxygen atoms in total. The highest BCUT2D eigenvalue weighted by molar-refractivity contribution is 5.90. The zero-order chi connectivity index (χ0) is 15.9. The van der Waals surface area contributed by atoms with Crippen molar-refractivity contribution in [3.63, 3.8) is 0 Å². The third-order valence-electron chi connectivity index (χ3n) is 3.77. The maximum Gasteiger partial charge on any atom is 0.230 e. The molecule has 0 aliphatic carbocycles. The fourth-order valence-electron chi connectivity index (χ4n) is 2.59. The van der Waals surface area contributed by atoms with Crippen molar-refractivity contribution in [1.29, 1.82) is 5.41 Å². The van der Waals surface area contributed by atoms with Gasteiger partial charge < -0.3 is 5.73 Å². The molecule has 0 amide bonds. The van der Waals surface area contributed by atoms with E-state index in [0.29, 0.717) is 5.95 Å². The first-order valence-electron chi connectivity index (χ1n) is 7.98. The molecule has 0 spiro atoms. The second kappa shape index (κ2) is 7.73. The third-order valence-corrected chi connectivity index (χ3v) is 3.77. The number of unbranched alkanes of at least 4 members (excludes halogenated alkanes) is 4. The molecule has 5 heteroatoms. The number of fused-ring (bicyclic) bond motifs is 1. The molecule has 0 fully saturated rings. The fraction of sp³-hybridized carbons (Fsp3) is 0.471. The van der Waals surface area contributed by atoms with Crippen molar-refractivity contribution in [2.45, 2.75) is 52.4 Å². The van der Waals surface area contributed by atoms with Crippen molar-refractivity contribution >= 4 is 22.8 Å². The molecule has 22 heavy (non-hydrogen) atoms. The van der Waals surface area contributed by atoms with Crippen LogP contribution in [0.3, 0.4) is 0 Å². The van der Waals surface area contributed by atoms with E-state index in [4.69, 9.17) is 11.1 Å². The van der Waals surface area contributed by atoms with E-state index >= 15 is 0 Å². The van der Waals surface area contributed by atoms with Gasteiger partial charge in [-0.05, 0) is 37.5 Å². The Hall–Kier alpha value is -2.17. The van der Waals surface area contributed by atoms with E-state index < -0.39 is 0 Å². The molecule has 0 unspecified atom stereocenters. The zero-order valence-electron chi connectivity index (χ0n) is 13.4. The number of hydrogen-bond donors (Lipinski definition) is 3. The van der Waals surface area contributed by atoms with Gasteiger partial charge in [-0.1, -0.05) is 38.7 Å². The van der Waals surface area contributed by atoms with E-state index in [-0.39, 0.29) is 5.96 Å². The van der Waals surface area contributed by atoms with Gasteiger partial charge in [0.25, 0.3) is 0 Å². The summed E-state index contributed by atoms with van der Waals surface area (Å²) >= 11 is 0. The lowest BCUT2D eigenvalue weighted by atomic mass is 10.0. The molecule has 1 heterocycles. The van der Waals surface area contributed by atoms with Gasteiger partial charge in [0.15, 0.2) is 5.96 Å². The van der Waals surface area contributed by atoms with Gasteiger partial charge in [-0.2, -0.15) is 0 Å². The van der Waals surface area contributed by atoms with Gasteiger partial charge in [0.2, 0.25) is 5.95 Å². The number of hydrogen-bond acceptors (Lipinski definition) is 3. The largest absolute Gasteiger partial charge is 0.370 e. The topological polar surface area (TPSA) is 87.7 Å². The van der Waals surface area contributed by atoms with Gasteiger partial charge in [-0.15, -0.1) is 0 Å². The van der Waals surface area contributed by atoms with Gasteiger partial charge in [-0.3, -0.25) is 10.7 Å². The van der Waals surface area contributed by atoms with Crippen LogP contribution in [0.5, 0.6) is 0 Å². The van der Waals surface area contributed by atoms with Crippen LogP contribution in [0.15, 0.2) is 18.2 Å². The summed E-state index contributed by atoms with van der Waals surface area (Å²) in [4.78, 5) is 8.76. The van der Waals surface area contributed by atoms with Gasteiger partial charge in [-0.25, -0.2) is 9.97 Å². The average molecular weight is 299 g/mol. The number of anilines is 1. The predicted molar refractivity (Wildman–Crippen MR) is 92.3 cm³/mol. The first-order chi connectivity index (χ1) is 10.6. The van der Waals surface area contributed by atoms with E-state index in [2.05, 4.69) is 34.3 Å². The summed E-state index contributed by atoms with van der Waals surface area (Å²) in [5.74, 6) is 0.229. The van der Waals surface area contributed by atoms with Gasteiger partial charge in [0.1, 0.15) is 0 Å². The second-order valence-electron chi connectivity index (χ2n) is 5.69. The van der Waals surface area contributed by atoms with Crippen molar-refractivity contribution < 1.29 is 0 Å². The highest BCUT2D eigenvalue weighted by Crippen LogP contribution is 2.20. The van der Waals surface area contributed by atoms with Crippen LogP contribution in [0.1, 0.15) is 50.3 Å². The molecule has 0 atom stereocenters. The lowest BCUT2D eigenvalue weighted by Crippen LogP contribution is -2.22. The number of benzene rings is 1. The molecule has 118 valence electrons. The van der Waals surface area contributed by atoms with Crippen LogP contribution < -0.4 is 11.1 Å². The summed E-state index contributed by atoms with van der Waals surface area (Å²) in [7, 11) is 0. The Kier molecular flexibility index (Phi) is 5.69. The summed E-state index contributed by atoms with van der Waals surface area (Å²) in [5.41, 5.74) is 8.45. The molecule has 0 radical (unpaired) electrons. The minimum Gasteiger partial charge on any atom is -0.370 e. The SMILES string of the molecule is CCCCCCCc1ccc2nc(NC(=N)N)nc(C)c2c1. The molecular weight excluding hydrogens is 274 g/mol. The number of nitrogens with one attached hydrogen (secondary N) is 2. The summed E-state index contributed by atoms with van der Waals surface area (Å²) in [5, 5.41) is 11.0. The van der Waals surface area contributed by atoms with Crippen LogP contribution in [-0.2, 0) is 6.42 Å². The maximum atomic E-state index is 7.26. The smallest absolute Gasteiger partial charge is 0.230 e. The van der Waals surface area contributed by atoms with Crippen LogP contribution in [-0.4, -0.2) is 15.9 Å². The Morgan fingerprint density at radius 2 is 1.95 bits per heavy atom. The van der Waals surface area contributed by atoms with E-state index in [9.17, 15) is 0 Å². The molecule has 0 saturated heterocycles. The Balaban J connectivity index is 2.10. The van der Waals surface area contributed by atoms with Gasteiger partial charge in [0.05, 0.1) is 11.2 Å². The highest BCUT2D eigenvalue weighted by Gasteiger charge is 2.06. The standard InChI is InChI=1S/C17H25N5/c1-3-4-5-6-7-8-13-9-10-15-14(11-13)12(2)20-17(21-15)22-16(18)19/h9-11H,3-8H2,1-2H3,(H4,18,19,20,21,22). The second-order valence-corrected chi connectivity index (χ2v) is 5.69. The molecule has 0 aliphatic rings. The highest BCUT2D eigenvalue weighted by atomic mass is 15.2. The summed E-state index contributed by atoms with van der Waals surface area (Å²) in [6.07, 6.45) is 7.57. The van der Waals surface area contributed by atoms with Crippen LogP contribution in [0.2, 0.25) is 0 Å². The summed E-state index contributed by atoms with van der Waals surface area (Å²) < 4.78 is 0. The lowest BCUT2D eigenvalue weighted by molar-refractivity contribution is 0.632. The Labute approximate surface area is 131 Å². The fourth-order valence-corrected chi connectivity index (χ4v) is 2.59. The normalized spacial score (nSPS) is 10.8. The van der Waals surface area contributed by atoms with Gasteiger partial charge >= 0.3 is 0 Å². The Morgan fingerprint density at radius 3 is 2.68 bits per heavy atom. The van der Waals surface area contributed by atoms with Crippen molar-refractivity contribution in [3.05, 3.63) is 29.5 Å². The summed E-state index contributed by atoms with van der Waals surface area (Å²) in [6, 6.07) is 6.34. The van der Waals surface area contributed by atoms with Crippen LogP contribution in [0, 0.1) is 12.3 Å². The molecule has 2 aromatic rings. The molecule has 1 aromatic heterocycles. The number of aromatic nitrogens is 2. The van der Waals surface area contributed by atoms with Crippen LogP contribution >= 0.6 is 0 Å². The molecule has 0 bridgehead atoms. The minimum atomic E-state index is -0.151. The Morgan fingerprint density at radius 1 is 1.18 bits per heavy atom. The molecule has 0 aliphatic heterocycles.